The van der Waals surface area contributed by atoms with Crippen molar-refractivity contribution >= 4 is 18.0 Å². The molecule has 0 unspecified atom stereocenters. The van der Waals surface area contributed by atoms with Crippen LogP contribution in [0.25, 0.3) is 6.08 Å². The number of allylic oxidation sites excluding steroid dienone is 1. The Kier molecular flexibility index (Phi) is 6.08. The van der Waals surface area contributed by atoms with Gasteiger partial charge in [0.05, 0.1) is 24.9 Å². The van der Waals surface area contributed by atoms with Crippen LogP contribution in [0.15, 0.2) is 35.0 Å². The van der Waals surface area contributed by atoms with E-state index in [0.29, 0.717) is 30.2 Å². The molecule has 2 rings (SSSR count). The highest BCUT2D eigenvalue weighted by Gasteiger charge is 2.37. The lowest BCUT2D eigenvalue weighted by Gasteiger charge is -2.19. The Labute approximate surface area is 153 Å². The molecular formula is C20H25NO5. The summed E-state index contributed by atoms with van der Waals surface area (Å²) >= 11 is 0. The second kappa shape index (κ2) is 8.08. The molecule has 1 heterocycles. The number of aromatic hydroxyl groups is 1. The summed E-state index contributed by atoms with van der Waals surface area (Å²) in [6.45, 7) is 8.50. The number of esters is 1. The Morgan fingerprint density at radius 2 is 2.04 bits per heavy atom. The topological polar surface area (TPSA) is 76.1 Å². The Balaban J connectivity index is 2.51. The van der Waals surface area contributed by atoms with Gasteiger partial charge in [-0.2, -0.15) is 0 Å². The number of benzene rings is 1. The number of hydrogen-bond acceptors (Lipinski definition) is 5. The van der Waals surface area contributed by atoms with Gasteiger partial charge in [0.15, 0.2) is 11.5 Å². The fourth-order valence-corrected chi connectivity index (χ4v) is 2.87. The van der Waals surface area contributed by atoms with Crippen molar-refractivity contribution in [2.75, 3.05) is 20.3 Å². The average molecular weight is 359 g/mol. The fourth-order valence-electron chi connectivity index (χ4n) is 2.87. The predicted molar refractivity (Wildman–Crippen MR) is 98.5 cm³/mol. The number of amides is 1. The maximum atomic E-state index is 12.9. The van der Waals surface area contributed by atoms with Crippen LogP contribution >= 0.6 is 0 Å². The molecule has 1 N–H and O–H groups in total. The number of methoxy groups -OCH3 is 1. The lowest BCUT2D eigenvalue weighted by atomic mass is 10.0. The Hall–Kier alpha value is -2.76. The molecule has 0 saturated carbocycles. The van der Waals surface area contributed by atoms with Gasteiger partial charge in [0.25, 0.3) is 5.91 Å². The summed E-state index contributed by atoms with van der Waals surface area (Å²) in [6.07, 6.45) is 1.63. The van der Waals surface area contributed by atoms with Crippen molar-refractivity contribution in [1.29, 1.82) is 0 Å². The largest absolute Gasteiger partial charge is 0.504 e. The minimum absolute atomic E-state index is 0.0214. The van der Waals surface area contributed by atoms with E-state index in [2.05, 4.69) is 0 Å². The third-order valence-corrected chi connectivity index (χ3v) is 4.04. The van der Waals surface area contributed by atoms with Gasteiger partial charge in [0.2, 0.25) is 0 Å². The van der Waals surface area contributed by atoms with Crippen molar-refractivity contribution in [1.82, 2.24) is 4.90 Å². The van der Waals surface area contributed by atoms with E-state index in [1.165, 1.54) is 13.2 Å². The molecule has 0 aromatic heterocycles. The molecule has 26 heavy (non-hydrogen) atoms. The van der Waals surface area contributed by atoms with E-state index in [1.807, 2.05) is 20.8 Å². The van der Waals surface area contributed by atoms with Crippen molar-refractivity contribution in [2.45, 2.75) is 27.7 Å². The molecule has 1 amide bonds. The van der Waals surface area contributed by atoms with Crippen molar-refractivity contribution in [2.24, 2.45) is 5.92 Å². The first-order chi connectivity index (χ1) is 12.3. The maximum absolute atomic E-state index is 12.9. The van der Waals surface area contributed by atoms with Gasteiger partial charge in [-0.25, -0.2) is 4.79 Å². The van der Waals surface area contributed by atoms with Gasteiger partial charge in [-0.3, -0.25) is 4.79 Å². The molecule has 0 radical (unpaired) electrons. The van der Waals surface area contributed by atoms with Gasteiger partial charge >= 0.3 is 5.97 Å². The highest BCUT2D eigenvalue weighted by Crippen LogP contribution is 2.34. The summed E-state index contributed by atoms with van der Waals surface area (Å²) in [7, 11) is 1.30. The van der Waals surface area contributed by atoms with Crippen LogP contribution in [0.2, 0.25) is 0 Å². The molecule has 6 heteroatoms. The number of carbonyl (C=O) groups excluding carboxylic acids is 2. The number of carbonyl (C=O) groups is 2. The van der Waals surface area contributed by atoms with E-state index in [-0.39, 0.29) is 28.7 Å². The molecule has 1 aromatic carbocycles. The number of hydrogen-bond donors (Lipinski definition) is 1. The first-order valence-electron chi connectivity index (χ1n) is 8.59. The van der Waals surface area contributed by atoms with E-state index in [4.69, 9.17) is 9.47 Å². The first kappa shape index (κ1) is 19.6. The normalized spacial score (nSPS) is 16.0. The Morgan fingerprint density at radius 3 is 2.62 bits per heavy atom. The standard InChI is InChI=1S/C20H25NO5/c1-6-26-17-10-14(7-8-16(17)22)9-15-18(20(24)25-5)13(4)21(19(15)23)11-12(2)3/h7-10,12,22H,6,11H2,1-5H3/b15-9+. The Bertz CT molecular complexity index is 776. The Morgan fingerprint density at radius 1 is 1.35 bits per heavy atom. The van der Waals surface area contributed by atoms with E-state index < -0.39 is 5.97 Å². The van der Waals surface area contributed by atoms with Gasteiger partial charge in [0.1, 0.15) is 0 Å². The molecule has 1 aromatic rings. The molecule has 0 atom stereocenters. The molecule has 1 aliphatic heterocycles. The second-order valence-corrected chi connectivity index (χ2v) is 6.48. The summed E-state index contributed by atoms with van der Waals surface area (Å²) < 4.78 is 10.3. The highest BCUT2D eigenvalue weighted by molar-refractivity contribution is 6.16. The zero-order valence-corrected chi connectivity index (χ0v) is 15.8. The average Bonchev–Trinajstić information content (AvgIpc) is 2.81. The minimum atomic E-state index is -0.544. The van der Waals surface area contributed by atoms with Crippen LogP contribution in [0.3, 0.4) is 0 Å². The molecule has 0 aliphatic carbocycles. The summed E-state index contributed by atoms with van der Waals surface area (Å²) in [5, 5.41) is 9.84. The molecule has 0 bridgehead atoms. The van der Waals surface area contributed by atoms with Gasteiger partial charge in [0, 0.05) is 12.2 Å². The fraction of sp³-hybridized carbons (Fsp3) is 0.400. The lowest BCUT2D eigenvalue weighted by molar-refractivity contribution is -0.136. The van der Waals surface area contributed by atoms with Gasteiger partial charge in [-0.15, -0.1) is 0 Å². The lowest BCUT2D eigenvalue weighted by Crippen LogP contribution is -2.28. The van der Waals surface area contributed by atoms with Gasteiger partial charge in [-0.1, -0.05) is 19.9 Å². The smallest absolute Gasteiger partial charge is 0.340 e. The van der Waals surface area contributed by atoms with Crippen molar-refractivity contribution < 1.29 is 24.2 Å². The van der Waals surface area contributed by atoms with Crippen LogP contribution in [-0.2, 0) is 14.3 Å². The van der Waals surface area contributed by atoms with Crippen LogP contribution in [0.5, 0.6) is 11.5 Å². The maximum Gasteiger partial charge on any atom is 0.340 e. The first-order valence-corrected chi connectivity index (χ1v) is 8.59. The van der Waals surface area contributed by atoms with E-state index in [9.17, 15) is 14.7 Å². The van der Waals surface area contributed by atoms with Crippen LogP contribution in [0.1, 0.15) is 33.3 Å². The second-order valence-electron chi connectivity index (χ2n) is 6.48. The van der Waals surface area contributed by atoms with Crippen LogP contribution in [-0.4, -0.2) is 42.1 Å². The third kappa shape index (κ3) is 3.90. The molecule has 0 spiro atoms. The predicted octanol–water partition coefficient (Wildman–Crippen LogP) is 3.12. The molecule has 140 valence electrons. The molecule has 0 saturated heterocycles. The van der Waals surface area contributed by atoms with E-state index in [1.54, 1.807) is 30.0 Å². The number of nitrogens with zero attached hydrogens (tertiary/aromatic N) is 1. The van der Waals surface area contributed by atoms with Crippen molar-refractivity contribution in [3.05, 3.63) is 40.6 Å². The summed E-state index contributed by atoms with van der Waals surface area (Å²) in [5.74, 6) is -0.176. The van der Waals surface area contributed by atoms with Crippen molar-refractivity contribution in [3.63, 3.8) is 0 Å². The number of phenolic OH excluding ortho intramolecular Hbond substituents is 1. The van der Waals surface area contributed by atoms with Crippen LogP contribution in [0.4, 0.5) is 0 Å². The summed E-state index contributed by atoms with van der Waals surface area (Å²) in [5.41, 5.74) is 1.79. The SMILES string of the molecule is CCOc1cc(/C=C2/C(=O)N(CC(C)C)C(C)=C2C(=O)OC)ccc1O. The quantitative estimate of drug-likeness (QED) is 0.624. The molecular weight excluding hydrogens is 334 g/mol. The number of rotatable bonds is 6. The highest BCUT2D eigenvalue weighted by atomic mass is 16.5. The molecule has 6 nitrogen and oxygen atoms in total. The number of phenols is 1. The molecule has 0 fully saturated rings. The minimum Gasteiger partial charge on any atom is -0.504 e. The van der Waals surface area contributed by atoms with E-state index >= 15 is 0 Å². The van der Waals surface area contributed by atoms with Crippen LogP contribution < -0.4 is 4.74 Å². The monoisotopic (exact) mass is 359 g/mol. The molecule has 1 aliphatic rings. The zero-order valence-electron chi connectivity index (χ0n) is 15.8. The zero-order chi connectivity index (χ0) is 19.4. The summed E-state index contributed by atoms with van der Waals surface area (Å²) in [4.78, 5) is 26.8. The summed E-state index contributed by atoms with van der Waals surface area (Å²) in [6, 6.07) is 4.79. The van der Waals surface area contributed by atoms with Gasteiger partial charge in [-0.05, 0) is 43.5 Å². The van der Waals surface area contributed by atoms with Crippen LogP contribution in [0, 0.1) is 5.92 Å². The van der Waals surface area contributed by atoms with Gasteiger partial charge < -0.3 is 19.5 Å². The van der Waals surface area contributed by atoms with E-state index in [0.717, 1.165) is 0 Å². The number of ether oxygens (including phenoxy) is 2. The third-order valence-electron chi connectivity index (χ3n) is 4.04. The van der Waals surface area contributed by atoms with Crippen molar-refractivity contribution in [3.8, 4) is 11.5 Å².